The van der Waals surface area contributed by atoms with Gasteiger partial charge in [-0.2, -0.15) is 0 Å². The van der Waals surface area contributed by atoms with E-state index in [0.29, 0.717) is 0 Å². The smallest absolute Gasteiger partial charge is 0.0181 e. The third-order valence-electron chi connectivity index (χ3n) is 6.63. The maximum absolute atomic E-state index is 3.62. The first kappa shape index (κ1) is 22.3. The van der Waals surface area contributed by atoms with E-state index in [-0.39, 0.29) is 0 Å². The van der Waals surface area contributed by atoms with Gasteiger partial charge in [0.2, 0.25) is 0 Å². The molecule has 0 heterocycles. The Hall–Kier alpha value is -1.86. The normalized spacial score (nSPS) is 11.7. The summed E-state index contributed by atoms with van der Waals surface area (Å²) in [7, 11) is 0. The molecule has 0 bridgehead atoms. The number of benzene rings is 4. The van der Waals surface area contributed by atoms with Crippen LogP contribution in [0.3, 0.4) is 0 Å². The molecule has 0 aliphatic heterocycles. The highest BCUT2D eigenvalue weighted by Crippen LogP contribution is 2.31. The minimum Gasteiger partial charge on any atom is -0.0654 e. The molecule has 4 rings (SSSR count). The zero-order valence-electron chi connectivity index (χ0n) is 19.1. The summed E-state index contributed by atoms with van der Waals surface area (Å²) in [5.41, 5.74) is 3.17. The Bertz CT molecular complexity index is 1170. The van der Waals surface area contributed by atoms with Crippen LogP contribution >= 0.6 is 15.9 Å². The summed E-state index contributed by atoms with van der Waals surface area (Å²) in [6.07, 6.45) is 13.1. The van der Waals surface area contributed by atoms with Crippen LogP contribution in [0, 0.1) is 0 Å². The molecule has 0 aliphatic carbocycles. The lowest BCUT2D eigenvalue weighted by molar-refractivity contribution is 0.651. The van der Waals surface area contributed by atoms with Gasteiger partial charge in [-0.1, -0.05) is 86.5 Å². The highest BCUT2D eigenvalue weighted by atomic mass is 79.9. The molecule has 0 saturated heterocycles. The molecule has 0 amide bonds. The summed E-state index contributed by atoms with van der Waals surface area (Å²) in [6.45, 7) is 4.59. The molecule has 0 aromatic heterocycles. The molecular weight excluding hydrogens is 440 g/mol. The fourth-order valence-corrected chi connectivity index (χ4v) is 5.20. The van der Waals surface area contributed by atoms with Crippen LogP contribution in [0.4, 0.5) is 0 Å². The largest absolute Gasteiger partial charge is 0.0654 e. The van der Waals surface area contributed by atoms with Crippen LogP contribution in [0.2, 0.25) is 0 Å². The van der Waals surface area contributed by atoms with E-state index in [9.17, 15) is 0 Å². The molecule has 0 radical (unpaired) electrons. The number of hydrogen-bond donors (Lipinski definition) is 0. The van der Waals surface area contributed by atoms with Crippen molar-refractivity contribution in [2.75, 3.05) is 0 Å². The Labute approximate surface area is 196 Å². The van der Waals surface area contributed by atoms with E-state index >= 15 is 0 Å². The van der Waals surface area contributed by atoms with Crippen molar-refractivity contribution in [3.63, 3.8) is 0 Å². The van der Waals surface area contributed by atoms with Crippen molar-refractivity contribution in [2.45, 2.75) is 78.1 Å². The second-order valence-electron chi connectivity index (χ2n) is 9.13. The predicted octanol–water partition coefficient (Wildman–Crippen LogP) is 10.2. The molecule has 0 nitrogen and oxygen atoms in total. The highest BCUT2D eigenvalue weighted by Gasteiger charge is 2.08. The van der Waals surface area contributed by atoms with Crippen molar-refractivity contribution in [1.29, 1.82) is 0 Å². The Morgan fingerprint density at radius 3 is 1.45 bits per heavy atom. The van der Waals surface area contributed by atoms with E-state index in [1.54, 1.807) is 11.1 Å². The summed E-state index contributed by atoms with van der Waals surface area (Å²) in [6, 6.07) is 21.1. The fourth-order valence-electron chi connectivity index (χ4n) is 4.82. The Balaban J connectivity index is 1.72. The van der Waals surface area contributed by atoms with E-state index in [0.717, 1.165) is 4.47 Å². The van der Waals surface area contributed by atoms with E-state index in [4.69, 9.17) is 0 Å². The van der Waals surface area contributed by atoms with Crippen molar-refractivity contribution in [3.8, 4) is 0 Å². The second kappa shape index (κ2) is 10.6. The van der Waals surface area contributed by atoms with E-state index in [2.05, 4.69) is 84.4 Å². The molecule has 162 valence electrons. The highest BCUT2D eigenvalue weighted by molar-refractivity contribution is 9.10. The van der Waals surface area contributed by atoms with Crippen LogP contribution in [-0.4, -0.2) is 0 Å². The first-order valence-electron chi connectivity index (χ1n) is 12.3. The third-order valence-corrected chi connectivity index (χ3v) is 7.12. The van der Waals surface area contributed by atoms with Crippen molar-refractivity contribution < 1.29 is 0 Å². The summed E-state index contributed by atoms with van der Waals surface area (Å²) in [5.74, 6) is 0. The van der Waals surface area contributed by atoms with Gasteiger partial charge >= 0.3 is 0 Å². The van der Waals surface area contributed by atoms with Gasteiger partial charge in [-0.3, -0.25) is 0 Å². The SMILES string of the molecule is CCCCCCc1cc2cc3cc4ccc(Br)cc4cc3cc2cc1CCCCCC. The van der Waals surface area contributed by atoms with Gasteiger partial charge in [0.25, 0.3) is 0 Å². The van der Waals surface area contributed by atoms with Crippen molar-refractivity contribution in [3.05, 3.63) is 70.2 Å². The first-order valence-corrected chi connectivity index (χ1v) is 13.1. The van der Waals surface area contributed by atoms with E-state index in [1.165, 1.54) is 96.5 Å². The van der Waals surface area contributed by atoms with Crippen LogP contribution in [0.15, 0.2) is 59.1 Å². The van der Waals surface area contributed by atoms with Crippen molar-refractivity contribution in [1.82, 2.24) is 0 Å². The summed E-state index contributed by atoms with van der Waals surface area (Å²) < 4.78 is 1.14. The molecule has 0 unspecified atom stereocenters. The minimum absolute atomic E-state index is 1.14. The van der Waals surface area contributed by atoms with Gasteiger partial charge in [-0.15, -0.1) is 0 Å². The molecule has 31 heavy (non-hydrogen) atoms. The van der Waals surface area contributed by atoms with Gasteiger partial charge < -0.3 is 0 Å². The van der Waals surface area contributed by atoms with E-state index < -0.39 is 0 Å². The number of unbranched alkanes of at least 4 members (excludes halogenated alkanes) is 6. The number of hydrogen-bond acceptors (Lipinski definition) is 0. The topological polar surface area (TPSA) is 0 Å². The van der Waals surface area contributed by atoms with Gasteiger partial charge in [0.15, 0.2) is 0 Å². The number of fused-ring (bicyclic) bond motifs is 3. The molecule has 0 fully saturated rings. The minimum atomic E-state index is 1.14. The van der Waals surface area contributed by atoms with Crippen LogP contribution in [0.25, 0.3) is 32.3 Å². The lowest BCUT2D eigenvalue weighted by atomic mass is 9.92. The van der Waals surface area contributed by atoms with Gasteiger partial charge in [0.1, 0.15) is 0 Å². The number of aryl methyl sites for hydroxylation is 2. The Morgan fingerprint density at radius 1 is 0.484 bits per heavy atom. The van der Waals surface area contributed by atoms with Crippen molar-refractivity contribution in [2.24, 2.45) is 0 Å². The van der Waals surface area contributed by atoms with E-state index in [1.807, 2.05) is 0 Å². The van der Waals surface area contributed by atoms with Gasteiger partial charge in [-0.25, -0.2) is 0 Å². The maximum atomic E-state index is 3.62. The zero-order chi connectivity index (χ0) is 21.6. The molecule has 4 aromatic carbocycles. The van der Waals surface area contributed by atoms with Crippen LogP contribution in [-0.2, 0) is 12.8 Å². The average molecular weight is 476 g/mol. The molecule has 1 heteroatoms. The molecule has 4 aromatic rings. The monoisotopic (exact) mass is 474 g/mol. The Morgan fingerprint density at radius 2 is 0.935 bits per heavy atom. The predicted molar refractivity (Wildman–Crippen MR) is 142 cm³/mol. The lowest BCUT2D eigenvalue weighted by Crippen LogP contribution is -1.97. The second-order valence-corrected chi connectivity index (χ2v) is 10.0. The molecule has 0 N–H and O–H groups in total. The molecule has 0 atom stereocenters. The first-order chi connectivity index (χ1) is 15.2. The molecule has 0 spiro atoms. The zero-order valence-corrected chi connectivity index (χ0v) is 20.7. The lowest BCUT2D eigenvalue weighted by Gasteiger charge is -2.13. The quantitative estimate of drug-likeness (QED) is 0.158. The van der Waals surface area contributed by atoms with Crippen LogP contribution in [0.5, 0.6) is 0 Å². The molecule has 0 saturated carbocycles. The average Bonchev–Trinajstić information content (AvgIpc) is 2.77. The van der Waals surface area contributed by atoms with Crippen LogP contribution < -0.4 is 0 Å². The Kier molecular flexibility index (Phi) is 7.67. The molecular formula is C30H35Br. The van der Waals surface area contributed by atoms with Gasteiger partial charge in [0, 0.05) is 4.47 Å². The summed E-state index contributed by atoms with van der Waals surface area (Å²) in [4.78, 5) is 0. The standard InChI is InChI=1S/C30H35Br/c1-3-5-7-9-11-22-15-25-18-27-17-24-13-14-30(31)21-29(24)20-28(27)19-26(25)16-23(22)12-10-8-6-4-2/h13-21H,3-12H2,1-2H3. The number of rotatable bonds is 10. The summed E-state index contributed by atoms with van der Waals surface area (Å²) >= 11 is 3.62. The summed E-state index contributed by atoms with van der Waals surface area (Å²) in [5, 5.41) is 8.08. The van der Waals surface area contributed by atoms with Gasteiger partial charge in [0.05, 0.1) is 0 Å². The number of halogens is 1. The van der Waals surface area contributed by atoms with Crippen molar-refractivity contribution >= 4 is 48.2 Å². The van der Waals surface area contributed by atoms with Gasteiger partial charge in [-0.05, 0) is 106 Å². The maximum Gasteiger partial charge on any atom is 0.0181 e. The van der Waals surface area contributed by atoms with Crippen LogP contribution in [0.1, 0.15) is 76.3 Å². The fraction of sp³-hybridized carbons (Fsp3) is 0.400. The molecule has 0 aliphatic rings. The third kappa shape index (κ3) is 5.50.